The Labute approximate surface area is 134 Å². The number of benzene rings is 2. The summed E-state index contributed by atoms with van der Waals surface area (Å²) in [5, 5.41) is 0. The van der Waals surface area contributed by atoms with Gasteiger partial charge in [0.05, 0.1) is 11.1 Å². The molecule has 5 nitrogen and oxygen atoms in total. The van der Waals surface area contributed by atoms with Gasteiger partial charge >= 0.3 is 11.9 Å². The Morgan fingerprint density at radius 1 is 0.696 bits per heavy atom. The van der Waals surface area contributed by atoms with E-state index >= 15 is 0 Å². The van der Waals surface area contributed by atoms with Crippen molar-refractivity contribution in [2.75, 3.05) is 13.6 Å². The fraction of sp³-hybridized carbons (Fsp3) is 0.222. The summed E-state index contributed by atoms with van der Waals surface area (Å²) in [6.07, 6.45) is 0. The number of aryl methyl sites for hydroxylation is 2. The Bertz CT molecular complexity index is 599. The van der Waals surface area contributed by atoms with Crippen LogP contribution in [-0.2, 0) is 14.2 Å². The number of hydrogen-bond acceptors (Lipinski definition) is 5. The highest BCUT2D eigenvalue weighted by Crippen LogP contribution is 2.06. The molecular formula is C18H18O5. The third-order valence-corrected chi connectivity index (χ3v) is 3.12. The smallest absolute Gasteiger partial charge is 0.340 e. The molecule has 0 fully saturated rings. The quantitative estimate of drug-likeness (QED) is 0.465. The van der Waals surface area contributed by atoms with Gasteiger partial charge in [-0.2, -0.15) is 0 Å². The van der Waals surface area contributed by atoms with E-state index in [9.17, 15) is 9.59 Å². The molecule has 120 valence electrons. The van der Waals surface area contributed by atoms with Crippen LogP contribution in [0.4, 0.5) is 0 Å². The monoisotopic (exact) mass is 314 g/mol. The molecule has 0 aliphatic rings. The van der Waals surface area contributed by atoms with Crippen LogP contribution in [0.3, 0.4) is 0 Å². The molecule has 0 aliphatic carbocycles. The largest absolute Gasteiger partial charge is 0.435 e. The lowest BCUT2D eigenvalue weighted by atomic mass is 10.2. The van der Waals surface area contributed by atoms with Crippen molar-refractivity contribution in [1.82, 2.24) is 0 Å². The van der Waals surface area contributed by atoms with E-state index in [0.29, 0.717) is 11.1 Å². The van der Waals surface area contributed by atoms with Gasteiger partial charge in [0, 0.05) is 0 Å². The minimum absolute atomic E-state index is 0.284. The summed E-state index contributed by atoms with van der Waals surface area (Å²) in [6.45, 7) is 3.29. The van der Waals surface area contributed by atoms with Crippen molar-refractivity contribution in [2.45, 2.75) is 13.8 Å². The maximum Gasteiger partial charge on any atom is 0.340 e. The zero-order valence-corrected chi connectivity index (χ0v) is 13.1. The van der Waals surface area contributed by atoms with Gasteiger partial charge in [-0.1, -0.05) is 35.4 Å². The van der Waals surface area contributed by atoms with Gasteiger partial charge in [0.2, 0.25) is 0 Å². The van der Waals surface area contributed by atoms with Crippen LogP contribution in [0.2, 0.25) is 0 Å². The Morgan fingerprint density at radius 3 is 1.39 bits per heavy atom. The molecule has 0 radical (unpaired) electrons. The average Bonchev–Trinajstić information content (AvgIpc) is 2.55. The molecule has 0 saturated carbocycles. The fourth-order valence-corrected chi connectivity index (χ4v) is 1.77. The number of carbonyl (C=O) groups excluding carboxylic acids is 2. The summed E-state index contributed by atoms with van der Waals surface area (Å²) in [5.41, 5.74) is 2.99. The van der Waals surface area contributed by atoms with E-state index in [1.54, 1.807) is 24.3 Å². The summed E-state index contributed by atoms with van der Waals surface area (Å²) in [7, 11) is 0. The minimum atomic E-state index is -0.491. The van der Waals surface area contributed by atoms with Crippen molar-refractivity contribution in [2.24, 2.45) is 0 Å². The van der Waals surface area contributed by atoms with Crippen LogP contribution in [0.1, 0.15) is 31.8 Å². The zero-order chi connectivity index (χ0) is 16.7. The first kappa shape index (κ1) is 16.7. The second kappa shape index (κ2) is 8.10. The Kier molecular flexibility index (Phi) is 5.88. The average molecular weight is 314 g/mol. The van der Waals surface area contributed by atoms with Crippen molar-refractivity contribution in [3.63, 3.8) is 0 Å². The van der Waals surface area contributed by atoms with Crippen molar-refractivity contribution in [1.29, 1.82) is 0 Å². The van der Waals surface area contributed by atoms with Gasteiger partial charge in [0.1, 0.15) is 0 Å². The second-order valence-corrected chi connectivity index (χ2v) is 5.04. The van der Waals surface area contributed by atoms with Crippen LogP contribution in [0, 0.1) is 13.8 Å². The molecule has 0 aliphatic heterocycles. The molecule has 0 saturated heterocycles. The van der Waals surface area contributed by atoms with Gasteiger partial charge in [0.15, 0.2) is 13.6 Å². The number of rotatable bonds is 6. The third-order valence-electron chi connectivity index (χ3n) is 3.12. The van der Waals surface area contributed by atoms with Crippen molar-refractivity contribution >= 4 is 11.9 Å². The van der Waals surface area contributed by atoms with Crippen molar-refractivity contribution < 1.29 is 23.8 Å². The lowest BCUT2D eigenvalue weighted by molar-refractivity contribution is -0.0931. The van der Waals surface area contributed by atoms with E-state index in [2.05, 4.69) is 0 Å². The van der Waals surface area contributed by atoms with Crippen LogP contribution < -0.4 is 0 Å². The van der Waals surface area contributed by atoms with E-state index in [0.717, 1.165) is 11.1 Å². The molecule has 2 rings (SSSR count). The topological polar surface area (TPSA) is 61.8 Å². The molecule has 2 aromatic carbocycles. The number of esters is 2. The summed E-state index contributed by atoms with van der Waals surface area (Å²) >= 11 is 0. The van der Waals surface area contributed by atoms with E-state index in [4.69, 9.17) is 14.2 Å². The molecule has 2 aromatic rings. The first-order chi connectivity index (χ1) is 11.1. The van der Waals surface area contributed by atoms with E-state index < -0.39 is 11.9 Å². The van der Waals surface area contributed by atoms with E-state index in [-0.39, 0.29) is 13.6 Å². The van der Waals surface area contributed by atoms with Crippen molar-refractivity contribution in [3.05, 3.63) is 70.8 Å². The molecule has 0 spiro atoms. The summed E-state index contributed by atoms with van der Waals surface area (Å²) in [5.74, 6) is -0.982. The first-order valence-electron chi connectivity index (χ1n) is 7.11. The van der Waals surface area contributed by atoms with Crippen molar-refractivity contribution in [3.8, 4) is 0 Å². The molecule has 5 heteroatoms. The third kappa shape index (κ3) is 5.23. The summed E-state index contributed by atoms with van der Waals surface area (Å²) in [6, 6.07) is 14.0. The number of carbonyl (C=O) groups is 2. The van der Waals surface area contributed by atoms with Gasteiger partial charge in [-0.3, -0.25) is 0 Å². The Balaban J connectivity index is 1.67. The summed E-state index contributed by atoms with van der Waals surface area (Å²) < 4.78 is 14.8. The highest BCUT2D eigenvalue weighted by molar-refractivity contribution is 5.89. The van der Waals surface area contributed by atoms with E-state index in [1.165, 1.54) is 0 Å². The molecule has 0 N–H and O–H groups in total. The highest BCUT2D eigenvalue weighted by atomic mass is 16.8. The van der Waals surface area contributed by atoms with Gasteiger partial charge in [-0.25, -0.2) is 9.59 Å². The molecule has 0 amide bonds. The first-order valence-corrected chi connectivity index (χ1v) is 7.11. The molecule has 0 unspecified atom stereocenters. The molecule has 0 aromatic heterocycles. The lowest BCUT2D eigenvalue weighted by Crippen LogP contribution is -2.13. The number of ether oxygens (including phenoxy) is 3. The lowest BCUT2D eigenvalue weighted by Gasteiger charge is -2.07. The maximum atomic E-state index is 11.7. The van der Waals surface area contributed by atoms with Crippen LogP contribution in [0.15, 0.2) is 48.5 Å². The molecule has 0 heterocycles. The van der Waals surface area contributed by atoms with Crippen LogP contribution in [-0.4, -0.2) is 25.5 Å². The SMILES string of the molecule is Cc1ccc(C(=O)OCOCOC(=O)c2ccc(C)cc2)cc1. The molecular weight excluding hydrogens is 296 g/mol. The van der Waals surface area contributed by atoms with Gasteiger partial charge in [0.25, 0.3) is 0 Å². The van der Waals surface area contributed by atoms with Crippen LogP contribution >= 0.6 is 0 Å². The number of hydrogen-bond donors (Lipinski definition) is 0. The minimum Gasteiger partial charge on any atom is -0.435 e. The standard InChI is InChI=1S/C18H18O5/c1-13-3-7-15(8-4-13)17(19)22-11-21-12-23-18(20)16-9-5-14(2)6-10-16/h3-10H,11-12H2,1-2H3. The predicted octanol–water partition coefficient (Wildman–Crippen LogP) is 3.25. The van der Waals surface area contributed by atoms with Gasteiger partial charge in [-0.05, 0) is 38.1 Å². The highest BCUT2D eigenvalue weighted by Gasteiger charge is 2.08. The molecule has 0 atom stereocenters. The second-order valence-electron chi connectivity index (χ2n) is 5.04. The van der Waals surface area contributed by atoms with Crippen LogP contribution in [0.25, 0.3) is 0 Å². The fourth-order valence-electron chi connectivity index (χ4n) is 1.77. The molecule has 0 bridgehead atoms. The normalized spacial score (nSPS) is 10.2. The predicted molar refractivity (Wildman–Crippen MR) is 84.0 cm³/mol. The summed E-state index contributed by atoms with van der Waals surface area (Å²) in [4.78, 5) is 23.4. The molecule has 23 heavy (non-hydrogen) atoms. The Morgan fingerprint density at radius 2 is 1.04 bits per heavy atom. The van der Waals surface area contributed by atoms with Gasteiger partial charge < -0.3 is 14.2 Å². The van der Waals surface area contributed by atoms with Gasteiger partial charge in [-0.15, -0.1) is 0 Å². The Hall–Kier alpha value is -2.66. The van der Waals surface area contributed by atoms with Crippen LogP contribution in [0.5, 0.6) is 0 Å². The maximum absolute atomic E-state index is 11.7. The zero-order valence-electron chi connectivity index (χ0n) is 13.1. The van der Waals surface area contributed by atoms with E-state index in [1.807, 2.05) is 38.1 Å².